The maximum absolute atomic E-state index is 13.4. The summed E-state index contributed by atoms with van der Waals surface area (Å²) in [5.74, 6) is 0.727. The number of nitrogens with one attached hydrogen (secondary N) is 1. The van der Waals surface area contributed by atoms with E-state index in [9.17, 15) is 13.2 Å². The summed E-state index contributed by atoms with van der Waals surface area (Å²) in [6, 6.07) is 20.8. The molecule has 7 nitrogen and oxygen atoms in total. The molecule has 3 aromatic carbocycles. The largest absolute Gasteiger partial charge is 0.493 e. The predicted molar refractivity (Wildman–Crippen MR) is 131 cm³/mol. The highest BCUT2D eigenvalue weighted by Crippen LogP contribution is 2.30. The molecule has 0 aromatic heterocycles. The van der Waals surface area contributed by atoms with Crippen molar-refractivity contribution < 1.29 is 22.7 Å². The van der Waals surface area contributed by atoms with Crippen molar-refractivity contribution >= 4 is 15.9 Å². The zero-order chi connectivity index (χ0) is 24.7. The van der Waals surface area contributed by atoms with Crippen LogP contribution in [0, 0.1) is 6.92 Å². The van der Waals surface area contributed by atoms with Gasteiger partial charge in [0.05, 0.1) is 31.7 Å². The van der Waals surface area contributed by atoms with Crippen LogP contribution in [0.15, 0.2) is 77.7 Å². The average Bonchev–Trinajstić information content (AvgIpc) is 2.84. The molecule has 180 valence electrons. The molecule has 1 N–H and O–H groups in total. The maximum Gasteiger partial charge on any atom is 0.243 e. The van der Waals surface area contributed by atoms with Crippen LogP contribution >= 0.6 is 0 Å². The normalized spacial score (nSPS) is 12.3. The molecule has 0 radical (unpaired) electrons. The summed E-state index contributed by atoms with van der Waals surface area (Å²) in [5, 5.41) is 2.89. The lowest BCUT2D eigenvalue weighted by atomic mass is 10.1. The SMILES string of the molecule is COc1ccc([C@@H](C)NC(=O)CN(Cc2ccccc2)S(=O)(=O)c2ccc(C)cc2)cc1OC. The number of nitrogens with zero attached hydrogens (tertiary/aromatic N) is 1. The summed E-state index contributed by atoms with van der Waals surface area (Å²) in [4.78, 5) is 13.1. The topological polar surface area (TPSA) is 84.9 Å². The molecule has 0 saturated heterocycles. The van der Waals surface area contributed by atoms with E-state index in [1.807, 2.05) is 50.2 Å². The lowest BCUT2D eigenvalue weighted by Crippen LogP contribution is -2.41. The van der Waals surface area contributed by atoms with Crippen molar-refractivity contribution in [3.05, 3.63) is 89.5 Å². The number of hydrogen-bond acceptors (Lipinski definition) is 5. The van der Waals surface area contributed by atoms with Crippen molar-refractivity contribution in [2.75, 3.05) is 20.8 Å². The highest BCUT2D eigenvalue weighted by molar-refractivity contribution is 7.89. The van der Waals surface area contributed by atoms with E-state index < -0.39 is 15.9 Å². The Morgan fingerprint density at radius 3 is 2.21 bits per heavy atom. The third kappa shape index (κ3) is 6.15. The van der Waals surface area contributed by atoms with Crippen LogP contribution in [0.3, 0.4) is 0 Å². The van der Waals surface area contributed by atoms with Gasteiger partial charge in [0.2, 0.25) is 15.9 Å². The third-order valence-electron chi connectivity index (χ3n) is 5.47. The second-order valence-corrected chi connectivity index (χ2v) is 9.91. The number of carbonyl (C=O) groups is 1. The number of carbonyl (C=O) groups excluding carboxylic acids is 1. The number of benzene rings is 3. The molecule has 3 rings (SSSR count). The van der Waals surface area contributed by atoms with E-state index in [1.54, 1.807) is 50.6 Å². The highest BCUT2D eigenvalue weighted by Gasteiger charge is 2.27. The Morgan fingerprint density at radius 1 is 0.941 bits per heavy atom. The Morgan fingerprint density at radius 2 is 1.59 bits per heavy atom. The number of sulfonamides is 1. The van der Waals surface area contributed by atoms with Gasteiger partial charge in [0.25, 0.3) is 0 Å². The van der Waals surface area contributed by atoms with Gasteiger partial charge in [-0.3, -0.25) is 4.79 Å². The van der Waals surface area contributed by atoms with Gasteiger partial charge in [-0.2, -0.15) is 4.31 Å². The van der Waals surface area contributed by atoms with Crippen LogP contribution in [-0.2, 0) is 21.4 Å². The molecule has 1 atom stereocenters. The number of amides is 1. The molecule has 1 amide bonds. The molecule has 3 aromatic rings. The Labute approximate surface area is 201 Å². The lowest BCUT2D eigenvalue weighted by Gasteiger charge is -2.23. The molecule has 0 fully saturated rings. The molecular formula is C26H30N2O5S. The number of ether oxygens (including phenoxy) is 2. The molecule has 0 unspecified atom stereocenters. The lowest BCUT2D eigenvalue weighted by molar-refractivity contribution is -0.122. The zero-order valence-electron chi connectivity index (χ0n) is 19.8. The molecule has 0 aliphatic heterocycles. The maximum atomic E-state index is 13.4. The van der Waals surface area contributed by atoms with Gasteiger partial charge in [-0.15, -0.1) is 0 Å². The quantitative estimate of drug-likeness (QED) is 0.471. The summed E-state index contributed by atoms with van der Waals surface area (Å²) in [7, 11) is -0.797. The van der Waals surface area contributed by atoms with Crippen molar-refractivity contribution in [2.24, 2.45) is 0 Å². The van der Waals surface area contributed by atoms with Gasteiger partial charge in [0.1, 0.15) is 0 Å². The van der Waals surface area contributed by atoms with E-state index in [2.05, 4.69) is 5.32 Å². The Kier molecular flexibility index (Phi) is 8.31. The minimum absolute atomic E-state index is 0.0786. The monoisotopic (exact) mass is 482 g/mol. The van der Waals surface area contributed by atoms with Crippen LogP contribution in [0.5, 0.6) is 11.5 Å². The fourth-order valence-electron chi connectivity index (χ4n) is 3.53. The van der Waals surface area contributed by atoms with Crippen LogP contribution in [0.25, 0.3) is 0 Å². The molecule has 8 heteroatoms. The average molecular weight is 483 g/mol. The smallest absolute Gasteiger partial charge is 0.243 e. The third-order valence-corrected chi connectivity index (χ3v) is 7.27. The van der Waals surface area contributed by atoms with E-state index in [-0.39, 0.29) is 24.0 Å². The van der Waals surface area contributed by atoms with Gasteiger partial charge in [0, 0.05) is 6.54 Å². The van der Waals surface area contributed by atoms with Gasteiger partial charge >= 0.3 is 0 Å². The first kappa shape index (κ1) is 25.3. The van der Waals surface area contributed by atoms with Crippen molar-refractivity contribution in [1.82, 2.24) is 9.62 Å². The first-order valence-electron chi connectivity index (χ1n) is 10.9. The first-order chi connectivity index (χ1) is 16.2. The summed E-state index contributed by atoms with van der Waals surface area (Å²) in [6.07, 6.45) is 0. The molecule has 0 heterocycles. The van der Waals surface area contributed by atoms with Crippen molar-refractivity contribution in [2.45, 2.75) is 31.3 Å². The first-order valence-corrected chi connectivity index (χ1v) is 12.3. The van der Waals surface area contributed by atoms with Gasteiger partial charge in [0.15, 0.2) is 11.5 Å². The summed E-state index contributed by atoms with van der Waals surface area (Å²) >= 11 is 0. The van der Waals surface area contributed by atoms with Crippen LogP contribution in [0.2, 0.25) is 0 Å². The minimum Gasteiger partial charge on any atom is -0.493 e. The number of methoxy groups -OCH3 is 2. The standard InChI is InChI=1S/C26H30N2O5S/c1-19-10-13-23(14-11-19)34(30,31)28(17-21-8-6-5-7-9-21)18-26(29)27-20(2)22-12-15-24(32-3)25(16-22)33-4/h5-16,20H,17-18H2,1-4H3,(H,27,29)/t20-/m1/s1. The Bertz CT molecular complexity index is 1210. The fraction of sp³-hybridized carbons (Fsp3) is 0.269. The Balaban J connectivity index is 1.81. The zero-order valence-corrected chi connectivity index (χ0v) is 20.6. The second-order valence-electron chi connectivity index (χ2n) is 7.98. The fourth-order valence-corrected chi connectivity index (χ4v) is 4.91. The van der Waals surface area contributed by atoms with Crippen LogP contribution in [0.4, 0.5) is 0 Å². The van der Waals surface area contributed by atoms with Gasteiger partial charge in [-0.05, 0) is 49.2 Å². The molecule has 0 spiro atoms. The van der Waals surface area contributed by atoms with Gasteiger partial charge in [-0.25, -0.2) is 8.42 Å². The van der Waals surface area contributed by atoms with E-state index in [1.165, 1.54) is 4.31 Å². The summed E-state index contributed by atoms with van der Waals surface area (Å²) in [6.45, 7) is 3.48. The molecule has 0 aliphatic rings. The molecule has 0 saturated carbocycles. The summed E-state index contributed by atoms with van der Waals surface area (Å²) < 4.78 is 38.6. The summed E-state index contributed by atoms with van der Waals surface area (Å²) in [5.41, 5.74) is 2.55. The van der Waals surface area contributed by atoms with Crippen molar-refractivity contribution in [1.29, 1.82) is 0 Å². The second kappa shape index (κ2) is 11.2. The van der Waals surface area contributed by atoms with Gasteiger partial charge < -0.3 is 14.8 Å². The van der Waals surface area contributed by atoms with Crippen LogP contribution < -0.4 is 14.8 Å². The number of rotatable bonds is 10. The van der Waals surface area contributed by atoms with Crippen LogP contribution in [0.1, 0.15) is 29.7 Å². The van der Waals surface area contributed by atoms with E-state index in [0.717, 1.165) is 16.7 Å². The molecule has 0 bridgehead atoms. The van der Waals surface area contributed by atoms with Crippen LogP contribution in [-0.4, -0.2) is 39.4 Å². The van der Waals surface area contributed by atoms with E-state index >= 15 is 0 Å². The number of hydrogen-bond donors (Lipinski definition) is 1. The van der Waals surface area contributed by atoms with Crippen molar-refractivity contribution in [3.8, 4) is 11.5 Å². The molecule has 34 heavy (non-hydrogen) atoms. The number of aryl methyl sites for hydroxylation is 1. The predicted octanol–water partition coefficient (Wildman–Crippen LogP) is 4.08. The Hall–Kier alpha value is -3.36. The highest BCUT2D eigenvalue weighted by atomic mass is 32.2. The molecular weight excluding hydrogens is 452 g/mol. The van der Waals surface area contributed by atoms with Crippen molar-refractivity contribution in [3.63, 3.8) is 0 Å². The van der Waals surface area contributed by atoms with E-state index in [0.29, 0.717) is 11.5 Å². The van der Waals surface area contributed by atoms with E-state index in [4.69, 9.17) is 9.47 Å². The van der Waals surface area contributed by atoms with Gasteiger partial charge in [-0.1, -0.05) is 54.1 Å². The molecule has 0 aliphatic carbocycles. The minimum atomic E-state index is -3.90.